The van der Waals surface area contributed by atoms with Gasteiger partial charge in [-0.1, -0.05) is 37.4 Å². The fraction of sp³-hybridized carbons (Fsp3) is 0.286. The topological polar surface area (TPSA) is 0 Å². The third-order valence-corrected chi connectivity index (χ3v) is 3.16. The predicted molar refractivity (Wildman–Crippen MR) is 64.2 cm³/mol. The van der Waals surface area contributed by atoms with Crippen molar-refractivity contribution in [2.45, 2.75) is 13.1 Å². The predicted octanol–water partition coefficient (Wildman–Crippen LogP) is 2.89. The van der Waals surface area contributed by atoms with Crippen LogP contribution in [0, 0.1) is 0 Å². The average Bonchev–Trinajstić information content (AvgIpc) is 2.56. The van der Waals surface area contributed by atoms with Crippen molar-refractivity contribution in [1.29, 1.82) is 0 Å². The Bertz CT molecular complexity index is 342. The molecule has 0 saturated carbocycles. The van der Waals surface area contributed by atoms with Gasteiger partial charge in [0.05, 0.1) is 13.1 Å². The average molecular weight is 200 g/mol. The van der Waals surface area contributed by atoms with Crippen LogP contribution in [0.3, 0.4) is 0 Å². The molecule has 1 nitrogen and oxygen atoms in total. The number of quaternary nitrogens is 1. The Morgan fingerprint density at radius 1 is 1.00 bits per heavy atom. The molecule has 0 aliphatic carbocycles. The molecule has 0 bridgehead atoms. The summed E-state index contributed by atoms with van der Waals surface area (Å²) < 4.78 is 1.06. The van der Waals surface area contributed by atoms with Crippen LogP contribution in [0.5, 0.6) is 0 Å². The molecule has 0 radical (unpaired) electrons. The maximum Gasteiger partial charge on any atom is 0.106 e. The molecule has 0 unspecified atom stereocenters. The van der Waals surface area contributed by atoms with Gasteiger partial charge >= 0.3 is 0 Å². The van der Waals surface area contributed by atoms with E-state index in [0.717, 1.165) is 30.7 Å². The molecule has 1 heterocycles. The van der Waals surface area contributed by atoms with Crippen molar-refractivity contribution in [2.75, 3.05) is 13.1 Å². The van der Waals surface area contributed by atoms with Crippen LogP contribution < -0.4 is 0 Å². The lowest BCUT2D eigenvalue weighted by atomic mass is 10.1. The van der Waals surface area contributed by atoms with E-state index in [4.69, 9.17) is 0 Å². The minimum Gasteiger partial charge on any atom is -0.310 e. The Labute approximate surface area is 91.9 Å². The van der Waals surface area contributed by atoms with Gasteiger partial charge in [-0.2, -0.15) is 0 Å². The second-order valence-electron chi connectivity index (χ2n) is 4.37. The number of rotatable bonds is 4. The summed E-state index contributed by atoms with van der Waals surface area (Å²) in [5.74, 6) is 0. The van der Waals surface area contributed by atoms with Crippen LogP contribution in [0.1, 0.15) is 11.1 Å². The van der Waals surface area contributed by atoms with Gasteiger partial charge in [0.15, 0.2) is 0 Å². The molecule has 0 saturated heterocycles. The standard InChI is InChI=1S/C14H18N/c1-3-9-15(10-4-2)11-13-7-5-6-8-14(13)12-15/h3-8H,1-2,9-12H2/q+1. The summed E-state index contributed by atoms with van der Waals surface area (Å²) in [5, 5.41) is 0. The van der Waals surface area contributed by atoms with E-state index < -0.39 is 0 Å². The molecular weight excluding hydrogens is 182 g/mol. The fourth-order valence-electron chi connectivity index (χ4n) is 2.53. The van der Waals surface area contributed by atoms with Crippen LogP contribution in [-0.2, 0) is 13.1 Å². The van der Waals surface area contributed by atoms with Crippen LogP contribution in [0.2, 0.25) is 0 Å². The van der Waals surface area contributed by atoms with E-state index in [-0.39, 0.29) is 0 Å². The number of fused-ring (bicyclic) bond motifs is 1. The SMILES string of the molecule is C=CC[N+]1(CC=C)Cc2ccccc2C1. The Balaban J connectivity index is 2.27. The van der Waals surface area contributed by atoms with Gasteiger partial charge in [0.25, 0.3) is 0 Å². The lowest BCUT2D eigenvalue weighted by molar-refractivity contribution is -0.936. The molecule has 78 valence electrons. The minimum atomic E-state index is 1.03. The largest absolute Gasteiger partial charge is 0.310 e. The van der Waals surface area contributed by atoms with E-state index in [0.29, 0.717) is 0 Å². The number of hydrogen-bond donors (Lipinski definition) is 0. The molecule has 0 amide bonds. The van der Waals surface area contributed by atoms with Gasteiger partial charge in [-0.05, 0) is 12.2 Å². The highest BCUT2D eigenvalue weighted by atomic mass is 15.4. The summed E-state index contributed by atoms with van der Waals surface area (Å²) in [6.45, 7) is 12.0. The summed E-state index contributed by atoms with van der Waals surface area (Å²) in [5.41, 5.74) is 2.97. The summed E-state index contributed by atoms with van der Waals surface area (Å²) >= 11 is 0. The van der Waals surface area contributed by atoms with Gasteiger partial charge in [0, 0.05) is 11.1 Å². The monoisotopic (exact) mass is 200 g/mol. The van der Waals surface area contributed by atoms with E-state index >= 15 is 0 Å². The third-order valence-electron chi connectivity index (χ3n) is 3.16. The first-order chi connectivity index (χ1) is 7.29. The molecule has 0 aromatic heterocycles. The molecule has 0 spiro atoms. The van der Waals surface area contributed by atoms with Crippen molar-refractivity contribution in [2.24, 2.45) is 0 Å². The Morgan fingerprint density at radius 3 is 1.87 bits per heavy atom. The molecular formula is C14H18N+. The minimum absolute atomic E-state index is 1.03. The lowest BCUT2D eigenvalue weighted by Gasteiger charge is -2.31. The molecule has 0 fully saturated rings. The first kappa shape index (κ1) is 10.2. The quantitative estimate of drug-likeness (QED) is 0.518. The van der Waals surface area contributed by atoms with E-state index in [1.807, 2.05) is 12.2 Å². The van der Waals surface area contributed by atoms with Gasteiger partial charge in [-0.15, -0.1) is 0 Å². The summed E-state index contributed by atoms with van der Waals surface area (Å²) in [6, 6.07) is 8.73. The highest BCUT2D eigenvalue weighted by Crippen LogP contribution is 2.29. The van der Waals surface area contributed by atoms with Crippen molar-refractivity contribution >= 4 is 0 Å². The highest BCUT2D eigenvalue weighted by molar-refractivity contribution is 5.28. The lowest BCUT2D eigenvalue weighted by Crippen LogP contribution is -2.42. The summed E-state index contributed by atoms with van der Waals surface area (Å²) in [4.78, 5) is 0. The number of benzene rings is 1. The maximum atomic E-state index is 3.86. The number of nitrogens with zero attached hydrogens (tertiary/aromatic N) is 1. The third kappa shape index (κ3) is 1.88. The smallest absolute Gasteiger partial charge is 0.106 e. The Kier molecular flexibility index (Phi) is 2.74. The van der Waals surface area contributed by atoms with Gasteiger partial charge < -0.3 is 4.48 Å². The molecule has 2 rings (SSSR count). The molecule has 0 atom stereocenters. The maximum absolute atomic E-state index is 3.86. The zero-order valence-corrected chi connectivity index (χ0v) is 9.15. The zero-order chi connectivity index (χ0) is 10.7. The summed E-state index contributed by atoms with van der Waals surface area (Å²) in [6.07, 6.45) is 4.05. The zero-order valence-electron chi connectivity index (χ0n) is 9.15. The van der Waals surface area contributed by atoms with Gasteiger partial charge in [-0.25, -0.2) is 0 Å². The van der Waals surface area contributed by atoms with E-state index in [1.54, 1.807) is 0 Å². The first-order valence-corrected chi connectivity index (χ1v) is 5.43. The Hall–Kier alpha value is -1.34. The van der Waals surface area contributed by atoms with Crippen molar-refractivity contribution in [3.05, 3.63) is 60.7 Å². The molecule has 15 heavy (non-hydrogen) atoms. The molecule has 1 heteroatoms. The van der Waals surface area contributed by atoms with Crippen LogP contribution in [-0.4, -0.2) is 17.6 Å². The van der Waals surface area contributed by atoms with E-state index in [9.17, 15) is 0 Å². The second-order valence-corrected chi connectivity index (χ2v) is 4.37. The number of hydrogen-bond acceptors (Lipinski definition) is 0. The molecule has 1 aliphatic heterocycles. The molecule has 1 aromatic carbocycles. The molecule has 1 aliphatic rings. The van der Waals surface area contributed by atoms with Crippen LogP contribution in [0.25, 0.3) is 0 Å². The van der Waals surface area contributed by atoms with E-state index in [2.05, 4.69) is 37.4 Å². The second kappa shape index (κ2) is 4.03. The highest BCUT2D eigenvalue weighted by Gasteiger charge is 2.33. The van der Waals surface area contributed by atoms with E-state index in [1.165, 1.54) is 11.1 Å². The Morgan fingerprint density at radius 2 is 1.47 bits per heavy atom. The van der Waals surface area contributed by atoms with Crippen LogP contribution in [0.4, 0.5) is 0 Å². The van der Waals surface area contributed by atoms with Crippen LogP contribution >= 0.6 is 0 Å². The molecule has 0 N–H and O–H groups in total. The molecule has 1 aromatic rings. The van der Waals surface area contributed by atoms with Crippen molar-refractivity contribution < 1.29 is 4.48 Å². The fourth-order valence-corrected chi connectivity index (χ4v) is 2.53. The first-order valence-electron chi connectivity index (χ1n) is 5.43. The van der Waals surface area contributed by atoms with Gasteiger partial charge in [0.2, 0.25) is 0 Å². The van der Waals surface area contributed by atoms with Gasteiger partial charge in [-0.3, -0.25) is 0 Å². The summed E-state index contributed by atoms with van der Waals surface area (Å²) in [7, 11) is 0. The van der Waals surface area contributed by atoms with Crippen molar-refractivity contribution in [1.82, 2.24) is 0 Å². The van der Waals surface area contributed by atoms with Gasteiger partial charge in [0.1, 0.15) is 13.1 Å². The van der Waals surface area contributed by atoms with Crippen LogP contribution in [0.15, 0.2) is 49.6 Å². The van der Waals surface area contributed by atoms with Crippen molar-refractivity contribution in [3.8, 4) is 0 Å². The van der Waals surface area contributed by atoms with Crippen molar-refractivity contribution in [3.63, 3.8) is 0 Å². The normalized spacial score (nSPS) is 17.1.